The molecule has 1 aromatic carbocycles. The third-order valence-electron chi connectivity index (χ3n) is 3.28. The number of carbonyl (C=O) groups is 1. The van der Waals surface area contributed by atoms with Crippen molar-refractivity contribution in [3.05, 3.63) is 29.8 Å². The highest BCUT2D eigenvalue weighted by Gasteiger charge is 2.15. The lowest BCUT2D eigenvalue weighted by Crippen LogP contribution is -2.16. The zero-order valence-electron chi connectivity index (χ0n) is 10.9. The summed E-state index contributed by atoms with van der Waals surface area (Å²) >= 11 is 0. The normalized spacial score (nSPS) is 15.1. The summed E-state index contributed by atoms with van der Waals surface area (Å²) < 4.78 is 5.64. The summed E-state index contributed by atoms with van der Waals surface area (Å²) in [4.78, 5) is 11.7. The van der Waals surface area contributed by atoms with E-state index in [0.717, 1.165) is 12.8 Å². The molecule has 2 rings (SSSR count). The lowest BCUT2D eigenvalue weighted by atomic mass is 10.2. The average Bonchev–Trinajstić information content (AvgIpc) is 2.93. The van der Waals surface area contributed by atoms with Gasteiger partial charge in [-0.15, -0.1) is 0 Å². The number of hydrogen-bond donors (Lipinski definition) is 1. The molecule has 0 heterocycles. The number of ether oxygens (including phenoxy) is 1. The number of benzene rings is 1. The first kappa shape index (κ1) is 13.6. The summed E-state index contributed by atoms with van der Waals surface area (Å²) in [5, 5.41) is 11.5. The van der Waals surface area contributed by atoms with Gasteiger partial charge in [-0.3, -0.25) is 4.79 Å². The molecule has 0 spiro atoms. The molecule has 19 heavy (non-hydrogen) atoms. The van der Waals surface area contributed by atoms with Gasteiger partial charge in [-0.05, 0) is 37.1 Å². The molecule has 0 saturated heterocycles. The van der Waals surface area contributed by atoms with Crippen LogP contribution in [0.25, 0.3) is 0 Å². The van der Waals surface area contributed by atoms with Crippen molar-refractivity contribution in [2.75, 3.05) is 11.9 Å². The zero-order valence-corrected chi connectivity index (χ0v) is 10.9. The number of nitrogens with one attached hydrogen (secondary N) is 1. The maximum absolute atomic E-state index is 11.7. The number of carbonyl (C=O) groups excluding carboxylic acids is 1. The molecule has 1 aliphatic rings. The highest BCUT2D eigenvalue weighted by molar-refractivity contribution is 5.90. The second-order valence-electron chi connectivity index (χ2n) is 4.76. The molecule has 0 bridgehead atoms. The third kappa shape index (κ3) is 4.38. The van der Waals surface area contributed by atoms with Gasteiger partial charge in [0.05, 0.1) is 30.8 Å². The molecule has 0 radical (unpaired) electrons. The SMILES string of the molecule is N#Cc1ccc(NC(=O)CCOC2CCCC2)cc1. The monoisotopic (exact) mass is 258 g/mol. The summed E-state index contributed by atoms with van der Waals surface area (Å²) in [6.45, 7) is 0.479. The summed E-state index contributed by atoms with van der Waals surface area (Å²) in [5.41, 5.74) is 1.30. The first-order valence-electron chi connectivity index (χ1n) is 6.69. The van der Waals surface area contributed by atoms with Crippen LogP contribution in [0.2, 0.25) is 0 Å². The van der Waals surface area contributed by atoms with Crippen LogP contribution in [0.4, 0.5) is 5.69 Å². The minimum absolute atomic E-state index is 0.0531. The summed E-state index contributed by atoms with van der Waals surface area (Å²) in [6.07, 6.45) is 5.44. The van der Waals surface area contributed by atoms with Crippen LogP contribution in [0.5, 0.6) is 0 Å². The Balaban J connectivity index is 1.69. The fourth-order valence-corrected chi connectivity index (χ4v) is 2.22. The van der Waals surface area contributed by atoms with Gasteiger partial charge < -0.3 is 10.1 Å². The lowest BCUT2D eigenvalue weighted by Gasteiger charge is -2.10. The van der Waals surface area contributed by atoms with E-state index in [1.54, 1.807) is 24.3 Å². The van der Waals surface area contributed by atoms with E-state index in [1.165, 1.54) is 12.8 Å². The maximum atomic E-state index is 11.7. The Labute approximate surface area is 113 Å². The van der Waals surface area contributed by atoms with Crippen LogP contribution in [0, 0.1) is 11.3 Å². The molecule has 4 nitrogen and oxygen atoms in total. The fourth-order valence-electron chi connectivity index (χ4n) is 2.22. The average molecular weight is 258 g/mol. The highest BCUT2D eigenvalue weighted by Crippen LogP contribution is 2.20. The first-order valence-corrected chi connectivity index (χ1v) is 6.69. The van der Waals surface area contributed by atoms with E-state index in [9.17, 15) is 4.79 Å². The van der Waals surface area contributed by atoms with Crippen molar-refractivity contribution < 1.29 is 9.53 Å². The van der Waals surface area contributed by atoms with Gasteiger partial charge in [0.25, 0.3) is 0 Å². The molecule has 0 aliphatic heterocycles. The Morgan fingerprint density at radius 2 is 2.00 bits per heavy atom. The molecule has 4 heteroatoms. The lowest BCUT2D eigenvalue weighted by molar-refractivity contribution is -0.117. The van der Waals surface area contributed by atoms with E-state index in [2.05, 4.69) is 5.32 Å². The van der Waals surface area contributed by atoms with E-state index < -0.39 is 0 Å². The van der Waals surface area contributed by atoms with Crippen molar-refractivity contribution in [2.24, 2.45) is 0 Å². The Morgan fingerprint density at radius 3 is 2.63 bits per heavy atom. The number of anilines is 1. The van der Waals surface area contributed by atoms with Crippen LogP contribution in [0.3, 0.4) is 0 Å². The van der Waals surface area contributed by atoms with Crippen LogP contribution in [0.15, 0.2) is 24.3 Å². The topological polar surface area (TPSA) is 62.1 Å². The second-order valence-corrected chi connectivity index (χ2v) is 4.76. The predicted molar refractivity (Wildman–Crippen MR) is 72.6 cm³/mol. The Hall–Kier alpha value is -1.86. The smallest absolute Gasteiger partial charge is 0.226 e. The summed E-state index contributed by atoms with van der Waals surface area (Å²) in [7, 11) is 0. The Kier molecular flexibility index (Phi) is 4.93. The Morgan fingerprint density at radius 1 is 1.32 bits per heavy atom. The third-order valence-corrected chi connectivity index (χ3v) is 3.28. The standard InChI is InChI=1S/C15H18N2O2/c16-11-12-5-7-13(8-6-12)17-15(18)9-10-19-14-3-1-2-4-14/h5-8,14H,1-4,9-10H2,(H,17,18). The van der Waals surface area contributed by atoms with Crippen LogP contribution in [-0.4, -0.2) is 18.6 Å². The van der Waals surface area contributed by atoms with Gasteiger partial charge in [-0.2, -0.15) is 5.26 Å². The number of nitrogens with zero attached hydrogens (tertiary/aromatic N) is 1. The molecule has 1 aromatic rings. The van der Waals surface area contributed by atoms with E-state index in [0.29, 0.717) is 30.4 Å². The minimum atomic E-state index is -0.0531. The van der Waals surface area contributed by atoms with Crippen molar-refractivity contribution in [1.29, 1.82) is 5.26 Å². The highest BCUT2D eigenvalue weighted by atomic mass is 16.5. The quantitative estimate of drug-likeness (QED) is 0.883. The van der Waals surface area contributed by atoms with E-state index in [-0.39, 0.29) is 5.91 Å². The second kappa shape index (κ2) is 6.91. The molecule has 1 amide bonds. The molecular weight excluding hydrogens is 240 g/mol. The number of hydrogen-bond acceptors (Lipinski definition) is 3. The molecule has 1 aliphatic carbocycles. The van der Waals surface area contributed by atoms with Gasteiger partial charge in [0.1, 0.15) is 0 Å². The molecule has 0 aromatic heterocycles. The molecule has 0 atom stereocenters. The first-order chi connectivity index (χ1) is 9.28. The minimum Gasteiger partial charge on any atom is -0.378 e. The van der Waals surface area contributed by atoms with E-state index in [4.69, 9.17) is 10.00 Å². The van der Waals surface area contributed by atoms with Crippen LogP contribution in [0.1, 0.15) is 37.7 Å². The van der Waals surface area contributed by atoms with Crippen LogP contribution < -0.4 is 5.32 Å². The van der Waals surface area contributed by atoms with Gasteiger partial charge >= 0.3 is 0 Å². The molecule has 1 N–H and O–H groups in total. The van der Waals surface area contributed by atoms with Crippen molar-refractivity contribution >= 4 is 11.6 Å². The Bertz CT molecular complexity index is 456. The van der Waals surface area contributed by atoms with Gasteiger partial charge in [0, 0.05) is 5.69 Å². The molecule has 1 saturated carbocycles. The van der Waals surface area contributed by atoms with Gasteiger partial charge in [0.15, 0.2) is 0 Å². The van der Waals surface area contributed by atoms with Gasteiger partial charge in [0.2, 0.25) is 5.91 Å². The van der Waals surface area contributed by atoms with Crippen LogP contribution >= 0.6 is 0 Å². The van der Waals surface area contributed by atoms with Gasteiger partial charge in [-0.25, -0.2) is 0 Å². The van der Waals surface area contributed by atoms with Crippen molar-refractivity contribution in [2.45, 2.75) is 38.2 Å². The number of rotatable bonds is 5. The van der Waals surface area contributed by atoms with Gasteiger partial charge in [-0.1, -0.05) is 12.8 Å². The van der Waals surface area contributed by atoms with Crippen molar-refractivity contribution in [3.8, 4) is 6.07 Å². The maximum Gasteiger partial charge on any atom is 0.226 e. The van der Waals surface area contributed by atoms with E-state index in [1.807, 2.05) is 6.07 Å². The van der Waals surface area contributed by atoms with Crippen molar-refractivity contribution in [3.63, 3.8) is 0 Å². The summed E-state index contributed by atoms with van der Waals surface area (Å²) in [5.74, 6) is -0.0531. The number of amides is 1. The number of nitriles is 1. The molecule has 100 valence electrons. The van der Waals surface area contributed by atoms with Crippen molar-refractivity contribution in [1.82, 2.24) is 0 Å². The predicted octanol–water partition coefficient (Wildman–Crippen LogP) is 2.85. The molecule has 0 unspecified atom stereocenters. The van der Waals surface area contributed by atoms with E-state index >= 15 is 0 Å². The molecule has 1 fully saturated rings. The fraction of sp³-hybridized carbons (Fsp3) is 0.467. The summed E-state index contributed by atoms with van der Waals surface area (Å²) in [6, 6.07) is 8.87. The zero-order chi connectivity index (χ0) is 13.5. The largest absolute Gasteiger partial charge is 0.378 e. The van der Waals surface area contributed by atoms with Crippen LogP contribution in [-0.2, 0) is 9.53 Å². The molecular formula is C15H18N2O2.